The van der Waals surface area contributed by atoms with E-state index in [1.54, 1.807) is 6.07 Å². The maximum atomic E-state index is 11.9. The molecule has 146 valence electrons. The molecular formula is C24H24N4O. The van der Waals surface area contributed by atoms with Crippen LogP contribution in [0.4, 0.5) is 0 Å². The first-order valence-corrected chi connectivity index (χ1v) is 9.82. The van der Waals surface area contributed by atoms with Gasteiger partial charge in [-0.3, -0.25) is 14.7 Å². The number of aromatic nitrogens is 3. The topological polar surface area (TPSA) is 61.9 Å². The fraction of sp³-hybridized carbons (Fsp3) is 0.208. The van der Waals surface area contributed by atoms with E-state index in [-0.39, 0.29) is 5.56 Å². The van der Waals surface area contributed by atoms with Gasteiger partial charge in [0.2, 0.25) is 0 Å². The molecule has 0 atom stereocenters. The van der Waals surface area contributed by atoms with Crippen molar-refractivity contribution < 1.29 is 0 Å². The van der Waals surface area contributed by atoms with Gasteiger partial charge < -0.3 is 4.98 Å². The van der Waals surface area contributed by atoms with Crippen molar-refractivity contribution in [2.75, 3.05) is 7.05 Å². The van der Waals surface area contributed by atoms with Crippen molar-refractivity contribution in [3.63, 3.8) is 0 Å². The van der Waals surface area contributed by atoms with E-state index in [1.807, 2.05) is 31.5 Å². The minimum absolute atomic E-state index is 0.111. The number of hydrogen-bond donors (Lipinski definition) is 1. The van der Waals surface area contributed by atoms with Crippen molar-refractivity contribution in [3.8, 4) is 11.4 Å². The van der Waals surface area contributed by atoms with Gasteiger partial charge in [0, 0.05) is 48.2 Å². The molecule has 0 spiro atoms. The molecule has 2 aromatic heterocycles. The van der Waals surface area contributed by atoms with Crippen molar-refractivity contribution >= 4 is 10.8 Å². The van der Waals surface area contributed by atoms with Crippen LogP contribution in [0.25, 0.3) is 22.2 Å². The van der Waals surface area contributed by atoms with Crippen LogP contribution in [0.15, 0.2) is 71.8 Å². The zero-order valence-electron chi connectivity index (χ0n) is 16.7. The van der Waals surface area contributed by atoms with Gasteiger partial charge in [0.25, 0.3) is 5.56 Å². The third-order valence-electron chi connectivity index (χ3n) is 5.02. The fourth-order valence-electron chi connectivity index (χ4n) is 3.63. The summed E-state index contributed by atoms with van der Waals surface area (Å²) in [5, 5.41) is 2.40. The van der Waals surface area contributed by atoms with Crippen LogP contribution in [0.5, 0.6) is 0 Å². The number of nitrogens with zero attached hydrogens (tertiary/aromatic N) is 3. The molecule has 0 aliphatic carbocycles. The molecule has 1 N–H and O–H groups in total. The van der Waals surface area contributed by atoms with Gasteiger partial charge >= 0.3 is 0 Å². The summed E-state index contributed by atoms with van der Waals surface area (Å²) in [5.74, 6) is 0.625. The molecule has 0 aliphatic heterocycles. The first-order chi connectivity index (χ1) is 14.1. The van der Waals surface area contributed by atoms with Gasteiger partial charge in [-0.25, -0.2) is 4.98 Å². The van der Waals surface area contributed by atoms with E-state index in [2.05, 4.69) is 63.3 Å². The molecule has 0 fully saturated rings. The Bertz CT molecular complexity index is 1190. The molecule has 2 aromatic carbocycles. The van der Waals surface area contributed by atoms with Crippen LogP contribution in [-0.2, 0) is 19.5 Å². The molecule has 0 amide bonds. The largest absolute Gasteiger partial charge is 0.307 e. The lowest BCUT2D eigenvalue weighted by Gasteiger charge is -2.18. The molecule has 5 nitrogen and oxygen atoms in total. The second kappa shape index (κ2) is 8.37. The molecule has 5 heteroatoms. The van der Waals surface area contributed by atoms with Gasteiger partial charge in [0.1, 0.15) is 5.82 Å². The zero-order chi connectivity index (χ0) is 20.2. The highest BCUT2D eigenvalue weighted by molar-refractivity contribution is 5.84. The quantitative estimate of drug-likeness (QED) is 0.542. The average Bonchev–Trinajstić information content (AvgIpc) is 2.73. The number of aryl methyl sites for hydroxylation is 1. The summed E-state index contributed by atoms with van der Waals surface area (Å²) in [6.07, 6.45) is 4.48. The Morgan fingerprint density at radius 2 is 1.90 bits per heavy atom. The first kappa shape index (κ1) is 19.0. The monoisotopic (exact) mass is 384 g/mol. The maximum absolute atomic E-state index is 11.9. The zero-order valence-corrected chi connectivity index (χ0v) is 16.7. The minimum Gasteiger partial charge on any atom is -0.307 e. The van der Waals surface area contributed by atoms with Gasteiger partial charge in [0.15, 0.2) is 0 Å². The lowest BCUT2D eigenvalue weighted by molar-refractivity contribution is 0.320. The molecule has 0 radical (unpaired) electrons. The molecule has 0 saturated carbocycles. The summed E-state index contributed by atoms with van der Waals surface area (Å²) in [5.41, 5.74) is 4.08. The highest BCUT2D eigenvalue weighted by Gasteiger charge is 2.08. The molecule has 0 bridgehead atoms. The Kier molecular flexibility index (Phi) is 5.49. The standard InChI is InChI=1S/C24H24N4O/c1-3-21-13-23(29)27-24(26-21)18-7-4-6-17(12-18)15-28(2)16-20-9-5-8-19-14-25-11-10-22(19)20/h4-14H,3,15-16H2,1-2H3,(H,26,27,29). The Hall–Kier alpha value is -3.31. The molecule has 0 aliphatic rings. The van der Waals surface area contributed by atoms with Crippen LogP contribution in [0, 0.1) is 0 Å². The highest BCUT2D eigenvalue weighted by Crippen LogP contribution is 2.21. The lowest BCUT2D eigenvalue weighted by Crippen LogP contribution is -2.17. The van der Waals surface area contributed by atoms with E-state index in [0.717, 1.165) is 36.2 Å². The van der Waals surface area contributed by atoms with E-state index >= 15 is 0 Å². The van der Waals surface area contributed by atoms with Gasteiger partial charge in [-0.1, -0.05) is 43.3 Å². The van der Waals surface area contributed by atoms with E-state index in [0.29, 0.717) is 5.82 Å². The van der Waals surface area contributed by atoms with Crippen molar-refractivity contribution in [2.45, 2.75) is 26.4 Å². The van der Waals surface area contributed by atoms with E-state index < -0.39 is 0 Å². The summed E-state index contributed by atoms with van der Waals surface area (Å²) >= 11 is 0. The Morgan fingerprint density at radius 3 is 2.76 bits per heavy atom. The Morgan fingerprint density at radius 1 is 1.03 bits per heavy atom. The number of nitrogens with one attached hydrogen (secondary N) is 1. The minimum atomic E-state index is -0.111. The van der Waals surface area contributed by atoms with Gasteiger partial charge in [0.05, 0.1) is 0 Å². The first-order valence-electron chi connectivity index (χ1n) is 9.82. The third kappa shape index (κ3) is 4.41. The second-order valence-electron chi connectivity index (χ2n) is 7.33. The molecule has 2 heterocycles. The highest BCUT2D eigenvalue weighted by atomic mass is 16.1. The third-order valence-corrected chi connectivity index (χ3v) is 5.02. The summed E-state index contributed by atoms with van der Waals surface area (Å²) in [4.78, 5) is 25.8. The van der Waals surface area contributed by atoms with Crippen LogP contribution in [0.2, 0.25) is 0 Å². The smallest absolute Gasteiger partial charge is 0.251 e. The van der Waals surface area contributed by atoms with Gasteiger partial charge in [-0.05, 0) is 42.1 Å². The number of aromatic amines is 1. The molecular weight excluding hydrogens is 360 g/mol. The van der Waals surface area contributed by atoms with Crippen molar-refractivity contribution in [2.24, 2.45) is 0 Å². The van der Waals surface area contributed by atoms with Crippen molar-refractivity contribution in [1.29, 1.82) is 0 Å². The number of H-pyrrole nitrogens is 1. The van der Waals surface area contributed by atoms with Crippen LogP contribution in [-0.4, -0.2) is 26.9 Å². The van der Waals surface area contributed by atoms with E-state index in [9.17, 15) is 4.79 Å². The maximum Gasteiger partial charge on any atom is 0.251 e. The number of hydrogen-bond acceptors (Lipinski definition) is 4. The Balaban J connectivity index is 1.55. The summed E-state index contributed by atoms with van der Waals surface area (Å²) in [6.45, 7) is 3.64. The van der Waals surface area contributed by atoms with E-state index in [1.165, 1.54) is 16.5 Å². The summed E-state index contributed by atoms with van der Waals surface area (Å²) in [7, 11) is 2.12. The lowest BCUT2D eigenvalue weighted by atomic mass is 10.1. The molecule has 0 unspecified atom stereocenters. The normalized spacial score (nSPS) is 11.3. The number of fused-ring (bicyclic) bond motifs is 1. The molecule has 4 rings (SSSR count). The van der Waals surface area contributed by atoms with Gasteiger partial charge in [-0.15, -0.1) is 0 Å². The van der Waals surface area contributed by atoms with E-state index in [4.69, 9.17) is 0 Å². The van der Waals surface area contributed by atoms with Crippen LogP contribution < -0.4 is 5.56 Å². The number of benzene rings is 2. The Labute approximate surface area is 170 Å². The van der Waals surface area contributed by atoms with Crippen molar-refractivity contribution in [1.82, 2.24) is 19.9 Å². The molecule has 4 aromatic rings. The van der Waals surface area contributed by atoms with Crippen LogP contribution in [0.1, 0.15) is 23.7 Å². The SMILES string of the molecule is CCc1cc(=O)[nH]c(-c2cccc(CN(C)Cc3cccc4cnccc34)c2)n1. The second-order valence-corrected chi connectivity index (χ2v) is 7.33. The predicted molar refractivity (Wildman–Crippen MR) is 117 cm³/mol. The molecule has 29 heavy (non-hydrogen) atoms. The van der Waals surface area contributed by atoms with Gasteiger partial charge in [-0.2, -0.15) is 0 Å². The molecule has 0 saturated heterocycles. The fourth-order valence-corrected chi connectivity index (χ4v) is 3.63. The summed E-state index contributed by atoms with van der Waals surface area (Å²) in [6, 6.07) is 18.2. The average molecular weight is 384 g/mol. The number of rotatable bonds is 6. The summed E-state index contributed by atoms with van der Waals surface area (Å²) < 4.78 is 0. The predicted octanol–water partition coefficient (Wildman–Crippen LogP) is 4.18. The van der Waals surface area contributed by atoms with Crippen molar-refractivity contribution in [3.05, 3.63) is 94.2 Å². The van der Waals surface area contributed by atoms with Crippen LogP contribution in [0.3, 0.4) is 0 Å². The number of pyridine rings is 1. The van der Waals surface area contributed by atoms with Crippen LogP contribution >= 0.6 is 0 Å².